The smallest absolute Gasteiger partial charge is 0.274 e. The molecule has 1 aromatic carbocycles. The zero-order valence-corrected chi connectivity index (χ0v) is 10.7. The van der Waals surface area contributed by atoms with Crippen LogP contribution in [0.4, 0.5) is 15.9 Å². The van der Waals surface area contributed by atoms with Crippen LogP contribution in [-0.2, 0) is 0 Å². The highest BCUT2D eigenvalue weighted by Crippen LogP contribution is 2.14. The molecule has 2 N–H and O–H groups in total. The summed E-state index contributed by atoms with van der Waals surface area (Å²) in [6, 6.07) is 9.45. The predicted octanol–water partition coefficient (Wildman–Crippen LogP) is 2.82. The Morgan fingerprint density at radius 2 is 2.05 bits per heavy atom. The Kier molecular flexibility index (Phi) is 3.75. The Morgan fingerprint density at radius 3 is 2.74 bits per heavy atom. The Labute approximate surface area is 110 Å². The number of amides is 1. The second-order valence-electron chi connectivity index (χ2n) is 4.13. The van der Waals surface area contributed by atoms with Crippen LogP contribution in [0, 0.1) is 12.7 Å². The Balaban J connectivity index is 2.20. The molecule has 1 heterocycles. The number of halogens is 1. The molecule has 5 heteroatoms. The summed E-state index contributed by atoms with van der Waals surface area (Å²) in [6.45, 7) is 1.76. The van der Waals surface area contributed by atoms with Crippen LogP contribution in [0.2, 0.25) is 0 Å². The van der Waals surface area contributed by atoms with E-state index in [1.54, 1.807) is 38.2 Å². The van der Waals surface area contributed by atoms with Crippen molar-refractivity contribution in [2.45, 2.75) is 6.92 Å². The van der Waals surface area contributed by atoms with Crippen molar-refractivity contribution >= 4 is 17.4 Å². The Hall–Kier alpha value is -2.43. The third-order valence-corrected chi connectivity index (χ3v) is 2.54. The van der Waals surface area contributed by atoms with Gasteiger partial charge in [-0.3, -0.25) is 4.79 Å². The van der Waals surface area contributed by atoms with Crippen LogP contribution in [-0.4, -0.2) is 17.9 Å². The van der Waals surface area contributed by atoms with Gasteiger partial charge in [0.2, 0.25) is 0 Å². The molecular formula is C14H14FN3O. The number of carbonyl (C=O) groups excluding carboxylic acids is 1. The van der Waals surface area contributed by atoms with Gasteiger partial charge in [-0.25, -0.2) is 9.37 Å². The van der Waals surface area contributed by atoms with Crippen molar-refractivity contribution in [2.24, 2.45) is 0 Å². The normalized spacial score (nSPS) is 10.1. The number of aryl methyl sites for hydroxylation is 1. The van der Waals surface area contributed by atoms with Gasteiger partial charge in [0, 0.05) is 12.7 Å². The average Bonchev–Trinajstić information content (AvgIpc) is 2.37. The molecule has 0 aliphatic heterocycles. The summed E-state index contributed by atoms with van der Waals surface area (Å²) in [5, 5.41) is 5.48. The first-order valence-electron chi connectivity index (χ1n) is 5.82. The second kappa shape index (κ2) is 5.48. The first kappa shape index (κ1) is 13.0. The lowest BCUT2D eigenvalue weighted by Crippen LogP contribution is -2.14. The summed E-state index contributed by atoms with van der Waals surface area (Å²) in [6.07, 6.45) is 0. The van der Waals surface area contributed by atoms with E-state index in [0.717, 1.165) is 5.56 Å². The minimum atomic E-state index is -0.382. The number of carbonyl (C=O) groups is 1. The zero-order valence-electron chi connectivity index (χ0n) is 10.7. The number of nitrogens with one attached hydrogen (secondary N) is 2. The van der Waals surface area contributed by atoms with Gasteiger partial charge in [0.25, 0.3) is 5.91 Å². The van der Waals surface area contributed by atoms with Crippen LogP contribution in [0.15, 0.2) is 36.4 Å². The zero-order chi connectivity index (χ0) is 13.8. The maximum Gasteiger partial charge on any atom is 0.274 e. The van der Waals surface area contributed by atoms with E-state index in [-0.39, 0.29) is 17.4 Å². The molecule has 2 rings (SSSR count). The number of benzene rings is 1. The van der Waals surface area contributed by atoms with Crippen molar-refractivity contribution < 1.29 is 9.18 Å². The third kappa shape index (κ3) is 3.28. The lowest BCUT2D eigenvalue weighted by Gasteiger charge is -2.07. The highest BCUT2D eigenvalue weighted by Gasteiger charge is 2.09. The van der Waals surface area contributed by atoms with E-state index in [0.29, 0.717) is 11.5 Å². The second-order valence-corrected chi connectivity index (χ2v) is 4.13. The maximum atomic E-state index is 13.2. The molecule has 0 radical (unpaired) electrons. The molecule has 0 spiro atoms. The van der Waals surface area contributed by atoms with Crippen molar-refractivity contribution in [3.8, 4) is 0 Å². The lowest BCUT2D eigenvalue weighted by molar-refractivity contribution is 0.102. The van der Waals surface area contributed by atoms with Gasteiger partial charge in [0.15, 0.2) is 0 Å². The summed E-state index contributed by atoms with van der Waals surface area (Å²) in [5.74, 6) is -0.155. The van der Waals surface area contributed by atoms with Gasteiger partial charge in [0.05, 0.1) is 0 Å². The number of pyridine rings is 1. The third-order valence-electron chi connectivity index (χ3n) is 2.54. The van der Waals surface area contributed by atoms with Crippen LogP contribution in [0.25, 0.3) is 0 Å². The van der Waals surface area contributed by atoms with Gasteiger partial charge in [-0.2, -0.15) is 0 Å². The molecular weight excluding hydrogens is 245 g/mol. The quantitative estimate of drug-likeness (QED) is 0.891. The lowest BCUT2D eigenvalue weighted by atomic mass is 10.2. The van der Waals surface area contributed by atoms with Gasteiger partial charge in [-0.15, -0.1) is 0 Å². The highest BCUT2D eigenvalue weighted by atomic mass is 19.1. The Bertz CT molecular complexity index is 593. The van der Waals surface area contributed by atoms with Crippen LogP contribution in [0.3, 0.4) is 0 Å². The maximum absolute atomic E-state index is 13.2. The number of hydrogen-bond acceptors (Lipinski definition) is 3. The van der Waals surface area contributed by atoms with Gasteiger partial charge >= 0.3 is 0 Å². The average molecular weight is 259 g/mol. The molecule has 0 saturated carbocycles. The number of anilines is 2. The molecule has 1 aromatic heterocycles. The summed E-state index contributed by atoms with van der Waals surface area (Å²) >= 11 is 0. The molecule has 0 bridgehead atoms. The molecule has 1 amide bonds. The van der Waals surface area contributed by atoms with Crippen molar-refractivity contribution in [1.29, 1.82) is 0 Å². The number of rotatable bonds is 3. The van der Waals surface area contributed by atoms with Gasteiger partial charge in [0.1, 0.15) is 17.3 Å². The molecule has 0 aliphatic rings. The van der Waals surface area contributed by atoms with Gasteiger partial charge in [-0.05, 0) is 42.8 Å². The minimum Gasteiger partial charge on any atom is -0.373 e. The molecule has 0 saturated heterocycles. The van der Waals surface area contributed by atoms with E-state index in [9.17, 15) is 9.18 Å². The van der Waals surface area contributed by atoms with Gasteiger partial charge in [-0.1, -0.05) is 6.07 Å². The molecule has 4 nitrogen and oxygen atoms in total. The van der Waals surface area contributed by atoms with Crippen LogP contribution in [0.5, 0.6) is 0 Å². The monoisotopic (exact) mass is 259 g/mol. The van der Waals surface area contributed by atoms with Crippen LogP contribution >= 0.6 is 0 Å². The standard InChI is InChI=1S/C14H14FN3O/c1-9-6-10(15)8-11(7-9)17-14(19)12-4-3-5-13(16-2)18-12/h3-8H,1-2H3,(H,16,18)(H,17,19). The van der Waals surface area contributed by atoms with E-state index in [1.165, 1.54) is 12.1 Å². The summed E-state index contributed by atoms with van der Waals surface area (Å²) in [5.41, 5.74) is 1.43. The summed E-state index contributed by atoms with van der Waals surface area (Å²) in [7, 11) is 1.72. The van der Waals surface area contributed by atoms with Crippen molar-refractivity contribution in [3.05, 3.63) is 53.5 Å². The van der Waals surface area contributed by atoms with E-state index in [4.69, 9.17) is 0 Å². The number of nitrogens with zero attached hydrogens (tertiary/aromatic N) is 1. The molecule has 98 valence electrons. The van der Waals surface area contributed by atoms with Gasteiger partial charge < -0.3 is 10.6 Å². The summed E-state index contributed by atoms with van der Waals surface area (Å²) < 4.78 is 13.2. The highest BCUT2D eigenvalue weighted by molar-refractivity contribution is 6.03. The molecule has 0 unspecified atom stereocenters. The molecule has 0 fully saturated rings. The minimum absolute atomic E-state index is 0.272. The van der Waals surface area contributed by atoms with E-state index < -0.39 is 0 Å². The Morgan fingerprint density at radius 1 is 1.26 bits per heavy atom. The largest absolute Gasteiger partial charge is 0.373 e. The first-order valence-corrected chi connectivity index (χ1v) is 5.82. The van der Waals surface area contributed by atoms with E-state index >= 15 is 0 Å². The fourth-order valence-corrected chi connectivity index (χ4v) is 1.70. The molecule has 0 aliphatic carbocycles. The van der Waals surface area contributed by atoms with E-state index in [2.05, 4.69) is 15.6 Å². The van der Waals surface area contributed by atoms with Crippen molar-refractivity contribution in [1.82, 2.24) is 4.98 Å². The molecule has 0 atom stereocenters. The fourth-order valence-electron chi connectivity index (χ4n) is 1.70. The fraction of sp³-hybridized carbons (Fsp3) is 0.143. The number of hydrogen-bond donors (Lipinski definition) is 2. The predicted molar refractivity (Wildman–Crippen MR) is 72.9 cm³/mol. The van der Waals surface area contributed by atoms with E-state index in [1.807, 2.05) is 0 Å². The van der Waals surface area contributed by atoms with Crippen LogP contribution in [0.1, 0.15) is 16.1 Å². The number of aromatic nitrogens is 1. The van der Waals surface area contributed by atoms with Crippen molar-refractivity contribution in [2.75, 3.05) is 17.7 Å². The topological polar surface area (TPSA) is 54.0 Å². The SMILES string of the molecule is CNc1cccc(C(=O)Nc2cc(C)cc(F)c2)n1. The summed E-state index contributed by atoms with van der Waals surface area (Å²) in [4.78, 5) is 16.1. The first-order chi connectivity index (χ1) is 9.08. The van der Waals surface area contributed by atoms with Crippen LogP contribution < -0.4 is 10.6 Å². The molecule has 19 heavy (non-hydrogen) atoms. The van der Waals surface area contributed by atoms with Crippen molar-refractivity contribution in [3.63, 3.8) is 0 Å². The molecule has 2 aromatic rings.